The molecule has 0 saturated heterocycles. The number of H-pyrrole nitrogens is 1. The Kier molecular flexibility index (Phi) is 3.78. The number of nitrogens with zero attached hydrogens (tertiary/aromatic N) is 2. The number of aromatic amines is 1. The van der Waals surface area contributed by atoms with Crippen LogP contribution >= 0.6 is 0 Å². The Labute approximate surface area is 143 Å². The third-order valence-corrected chi connectivity index (χ3v) is 3.95. The number of amides is 1. The predicted octanol–water partition coefficient (Wildman–Crippen LogP) is 3.71. The van der Waals surface area contributed by atoms with Crippen molar-refractivity contribution in [2.45, 2.75) is 13.3 Å². The molecule has 4 rings (SSSR count). The molecule has 2 aromatic heterocycles. The van der Waals surface area contributed by atoms with Crippen LogP contribution in [-0.2, 0) is 11.2 Å². The van der Waals surface area contributed by atoms with Crippen molar-refractivity contribution in [1.82, 2.24) is 15.2 Å². The number of hydrogen-bond donors (Lipinski definition) is 2. The average molecular weight is 332 g/mol. The summed E-state index contributed by atoms with van der Waals surface area (Å²) in [4.78, 5) is 15.6. The molecular formula is C19H16N4O2. The zero-order valence-corrected chi connectivity index (χ0v) is 13.6. The van der Waals surface area contributed by atoms with E-state index in [2.05, 4.69) is 20.5 Å². The summed E-state index contributed by atoms with van der Waals surface area (Å²) < 4.78 is 5.42. The van der Waals surface area contributed by atoms with E-state index in [1.54, 1.807) is 6.92 Å². The first kappa shape index (κ1) is 15.1. The molecule has 2 aromatic carbocycles. The zero-order chi connectivity index (χ0) is 17.2. The Morgan fingerprint density at radius 1 is 1.16 bits per heavy atom. The van der Waals surface area contributed by atoms with Gasteiger partial charge in [-0.1, -0.05) is 24.3 Å². The quantitative estimate of drug-likeness (QED) is 0.597. The van der Waals surface area contributed by atoms with Crippen LogP contribution in [0, 0.1) is 6.92 Å². The molecule has 0 aliphatic heterocycles. The Balaban J connectivity index is 1.51. The van der Waals surface area contributed by atoms with Gasteiger partial charge in [-0.05, 0) is 29.8 Å². The van der Waals surface area contributed by atoms with Gasteiger partial charge in [-0.3, -0.25) is 4.79 Å². The average Bonchev–Trinajstić information content (AvgIpc) is 3.22. The number of hydrogen-bond acceptors (Lipinski definition) is 4. The van der Waals surface area contributed by atoms with Crippen LogP contribution in [0.5, 0.6) is 0 Å². The second-order valence-electron chi connectivity index (χ2n) is 5.79. The van der Waals surface area contributed by atoms with Gasteiger partial charge in [-0.2, -0.15) is 0 Å². The summed E-state index contributed by atoms with van der Waals surface area (Å²) in [5, 5.41) is 11.8. The minimum atomic E-state index is -0.0800. The van der Waals surface area contributed by atoms with Gasteiger partial charge in [0, 0.05) is 35.3 Å². The summed E-state index contributed by atoms with van der Waals surface area (Å²) in [6, 6.07) is 15.3. The molecule has 6 nitrogen and oxygen atoms in total. The lowest BCUT2D eigenvalue weighted by molar-refractivity contribution is -0.115. The number of fused-ring (bicyclic) bond motifs is 1. The summed E-state index contributed by atoms with van der Waals surface area (Å²) in [6.45, 7) is 1.74. The number of rotatable bonds is 4. The first-order valence-electron chi connectivity index (χ1n) is 7.94. The zero-order valence-electron chi connectivity index (χ0n) is 13.6. The van der Waals surface area contributed by atoms with Crippen LogP contribution in [0.1, 0.15) is 11.5 Å². The lowest BCUT2D eigenvalue weighted by Crippen LogP contribution is -2.14. The number of benzene rings is 2. The minimum absolute atomic E-state index is 0.0800. The molecule has 2 N–H and O–H groups in total. The van der Waals surface area contributed by atoms with Crippen molar-refractivity contribution in [3.8, 4) is 11.5 Å². The van der Waals surface area contributed by atoms with Gasteiger partial charge in [0.2, 0.25) is 17.7 Å². The lowest BCUT2D eigenvalue weighted by Gasteiger charge is -2.06. The third kappa shape index (κ3) is 3.14. The Hall–Kier alpha value is -3.41. The van der Waals surface area contributed by atoms with Gasteiger partial charge in [0.1, 0.15) is 0 Å². The van der Waals surface area contributed by atoms with Crippen LogP contribution in [0.25, 0.3) is 22.4 Å². The summed E-state index contributed by atoms with van der Waals surface area (Å²) in [5.41, 5.74) is 3.46. The van der Waals surface area contributed by atoms with E-state index in [-0.39, 0.29) is 5.91 Å². The van der Waals surface area contributed by atoms with Crippen LogP contribution < -0.4 is 5.32 Å². The summed E-state index contributed by atoms with van der Waals surface area (Å²) in [6.07, 6.45) is 2.18. The molecule has 25 heavy (non-hydrogen) atoms. The number of carbonyl (C=O) groups is 1. The van der Waals surface area contributed by atoms with E-state index in [4.69, 9.17) is 4.42 Å². The van der Waals surface area contributed by atoms with Crippen molar-refractivity contribution in [3.63, 3.8) is 0 Å². The molecule has 0 spiro atoms. The van der Waals surface area contributed by atoms with Crippen LogP contribution in [0.15, 0.2) is 59.1 Å². The van der Waals surface area contributed by atoms with E-state index in [9.17, 15) is 4.79 Å². The minimum Gasteiger partial charge on any atom is -0.421 e. The number of aryl methyl sites for hydroxylation is 1. The maximum absolute atomic E-state index is 12.4. The molecule has 6 heteroatoms. The van der Waals surface area contributed by atoms with Gasteiger partial charge in [-0.15, -0.1) is 10.2 Å². The maximum Gasteiger partial charge on any atom is 0.247 e. The summed E-state index contributed by atoms with van der Waals surface area (Å²) >= 11 is 0. The molecule has 124 valence electrons. The fourth-order valence-corrected chi connectivity index (χ4v) is 2.80. The fraction of sp³-hybridized carbons (Fsp3) is 0.105. The van der Waals surface area contributed by atoms with Crippen LogP contribution in [-0.4, -0.2) is 21.1 Å². The molecule has 0 atom stereocenters. The molecule has 0 radical (unpaired) electrons. The molecule has 4 aromatic rings. The van der Waals surface area contributed by atoms with E-state index in [0.29, 0.717) is 23.9 Å². The van der Waals surface area contributed by atoms with Gasteiger partial charge in [0.05, 0.1) is 6.42 Å². The molecule has 2 heterocycles. The van der Waals surface area contributed by atoms with E-state index in [1.165, 1.54) is 0 Å². The summed E-state index contributed by atoms with van der Waals surface area (Å²) in [7, 11) is 0. The van der Waals surface area contributed by atoms with Crippen LogP contribution in [0.2, 0.25) is 0 Å². The Morgan fingerprint density at radius 2 is 2.04 bits per heavy atom. The van der Waals surface area contributed by atoms with E-state index in [1.807, 2.05) is 54.7 Å². The lowest BCUT2D eigenvalue weighted by atomic mass is 10.1. The van der Waals surface area contributed by atoms with Crippen molar-refractivity contribution in [3.05, 3.63) is 66.2 Å². The molecular weight excluding hydrogens is 316 g/mol. The second kappa shape index (κ2) is 6.24. The highest BCUT2D eigenvalue weighted by Crippen LogP contribution is 2.22. The molecule has 0 aliphatic rings. The number of anilines is 1. The first-order chi connectivity index (χ1) is 12.2. The van der Waals surface area contributed by atoms with Gasteiger partial charge < -0.3 is 14.7 Å². The van der Waals surface area contributed by atoms with Crippen molar-refractivity contribution in [1.29, 1.82) is 0 Å². The van der Waals surface area contributed by atoms with Gasteiger partial charge in [-0.25, -0.2) is 0 Å². The highest BCUT2D eigenvalue weighted by Gasteiger charge is 2.11. The number of aromatic nitrogens is 3. The Bertz CT molecular complexity index is 1050. The molecule has 0 saturated carbocycles. The second-order valence-corrected chi connectivity index (χ2v) is 5.79. The number of carbonyl (C=O) groups excluding carboxylic acids is 1. The number of nitrogens with one attached hydrogen (secondary N) is 2. The van der Waals surface area contributed by atoms with Crippen molar-refractivity contribution in [2.24, 2.45) is 0 Å². The molecule has 0 fully saturated rings. The normalized spacial score (nSPS) is 10.9. The predicted molar refractivity (Wildman–Crippen MR) is 95.1 cm³/mol. The highest BCUT2D eigenvalue weighted by molar-refractivity contribution is 5.96. The van der Waals surface area contributed by atoms with Crippen molar-refractivity contribution >= 4 is 22.5 Å². The van der Waals surface area contributed by atoms with Crippen LogP contribution in [0.3, 0.4) is 0 Å². The monoisotopic (exact) mass is 332 g/mol. The fourth-order valence-electron chi connectivity index (χ4n) is 2.80. The third-order valence-electron chi connectivity index (χ3n) is 3.95. The summed E-state index contributed by atoms with van der Waals surface area (Å²) in [5.74, 6) is 0.859. The van der Waals surface area contributed by atoms with Gasteiger partial charge in [0.15, 0.2) is 0 Å². The van der Waals surface area contributed by atoms with Crippen molar-refractivity contribution in [2.75, 3.05) is 5.32 Å². The highest BCUT2D eigenvalue weighted by atomic mass is 16.4. The largest absolute Gasteiger partial charge is 0.421 e. The Morgan fingerprint density at radius 3 is 2.88 bits per heavy atom. The molecule has 0 unspecified atom stereocenters. The van der Waals surface area contributed by atoms with E-state index >= 15 is 0 Å². The molecule has 0 aliphatic carbocycles. The maximum atomic E-state index is 12.4. The van der Waals surface area contributed by atoms with Gasteiger partial charge >= 0.3 is 0 Å². The standard InChI is InChI=1S/C19H16N4O2/c1-12-22-23-19(25-12)13-5-4-6-15(9-13)21-18(24)10-14-11-20-17-8-3-2-7-16(14)17/h2-9,11,20H,10H2,1H3,(H,21,24). The van der Waals surface area contributed by atoms with E-state index < -0.39 is 0 Å². The SMILES string of the molecule is Cc1nnc(-c2cccc(NC(=O)Cc3c[nH]c4ccccc34)c2)o1. The van der Waals surface area contributed by atoms with Gasteiger partial charge in [0.25, 0.3) is 0 Å². The van der Waals surface area contributed by atoms with E-state index in [0.717, 1.165) is 22.0 Å². The first-order valence-corrected chi connectivity index (χ1v) is 7.94. The topological polar surface area (TPSA) is 83.8 Å². The smallest absolute Gasteiger partial charge is 0.247 e. The van der Waals surface area contributed by atoms with Crippen LogP contribution in [0.4, 0.5) is 5.69 Å². The molecule has 0 bridgehead atoms. The number of para-hydroxylation sites is 1. The van der Waals surface area contributed by atoms with Crippen molar-refractivity contribution < 1.29 is 9.21 Å². The molecule has 1 amide bonds.